The summed E-state index contributed by atoms with van der Waals surface area (Å²) in [5, 5.41) is 0. The van der Waals surface area contributed by atoms with Gasteiger partial charge in [-0.2, -0.15) is 0 Å². The van der Waals surface area contributed by atoms with Gasteiger partial charge in [0.2, 0.25) is 0 Å². The lowest BCUT2D eigenvalue weighted by Gasteiger charge is -2.41. The molecule has 0 spiro atoms. The Balaban J connectivity index is 0.000000646. The molecular weight excluding hydrogens is 406 g/mol. The van der Waals surface area contributed by atoms with Crippen molar-refractivity contribution >= 4 is 30.5 Å². The largest absolute Gasteiger partial charge is 0.673 e. The van der Waals surface area contributed by atoms with Crippen LogP contribution in [0.5, 0.6) is 0 Å². The van der Waals surface area contributed by atoms with Crippen LogP contribution in [0.4, 0.5) is 17.3 Å². The van der Waals surface area contributed by atoms with Gasteiger partial charge in [-0.15, -0.1) is 0 Å². The molecule has 0 amide bonds. The molecule has 2 aliphatic heterocycles. The highest BCUT2D eigenvalue weighted by Crippen LogP contribution is 2.31. The van der Waals surface area contributed by atoms with Crippen molar-refractivity contribution in [1.82, 2.24) is 19.6 Å². The highest BCUT2D eigenvalue weighted by atomic mass is 35.5. The average Bonchev–Trinajstić information content (AvgIpc) is 2.57. The number of likely N-dealkylation sites (N-methyl/N-ethyl adjacent to an activating group) is 2. The number of nitrogens with zero attached hydrogens (tertiary/aromatic N) is 4. The number of fused-ring (bicyclic) bond motifs is 3. The first-order valence-electron chi connectivity index (χ1n) is 9.72. The Kier molecular flexibility index (Phi) is 11.2. The summed E-state index contributed by atoms with van der Waals surface area (Å²) in [5.74, 6) is 0. The van der Waals surface area contributed by atoms with Crippen molar-refractivity contribution in [3.63, 3.8) is 0 Å². The molecule has 0 N–H and O–H groups in total. The fourth-order valence-electron chi connectivity index (χ4n) is 3.41. The summed E-state index contributed by atoms with van der Waals surface area (Å²) in [6.07, 6.45) is 2.07. The first kappa shape index (κ1) is 25.2. The van der Waals surface area contributed by atoms with E-state index in [2.05, 4.69) is 33.4 Å². The molecule has 4 nitrogen and oxygen atoms in total. The zero-order valence-corrected chi connectivity index (χ0v) is 17.8. The Morgan fingerprint density at radius 2 is 1.22 bits per heavy atom. The third-order valence-electron chi connectivity index (χ3n) is 5.14. The molecule has 162 valence electrons. The molecule has 0 aromatic carbocycles. The van der Waals surface area contributed by atoms with Crippen molar-refractivity contribution in [2.45, 2.75) is 31.1 Å². The first-order chi connectivity index (χ1) is 12.5. The molecule has 2 aliphatic rings. The van der Waals surface area contributed by atoms with E-state index in [-0.39, 0.29) is 0 Å². The molecule has 2 heterocycles. The van der Waals surface area contributed by atoms with E-state index in [0.717, 1.165) is 65.3 Å². The van der Waals surface area contributed by atoms with E-state index >= 15 is 0 Å². The van der Waals surface area contributed by atoms with Gasteiger partial charge in [-0.05, 0) is 32.6 Å². The normalized spacial score (nSPS) is 28.9. The van der Waals surface area contributed by atoms with E-state index < -0.39 is 11.7 Å². The molecular formula is C16H32BCl2F4N4-. The van der Waals surface area contributed by atoms with Crippen molar-refractivity contribution in [3.8, 4) is 0 Å². The Morgan fingerprint density at radius 3 is 1.81 bits per heavy atom. The highest BCUT2D eigenvalue weighted by Gasteiger charge is 2.33. The van der Waals surface area contributed by atoms with Gasteiger partial charge < -0.3 is 32.0 Å². The Morgan fingerprint density at radius 1 is 0.741 bits per heavy atom. The van der Waals surface area contributed by atoms with Gasteiger partial charge in [0.25, 0.3) is 0 Å². The number of alkyl halides is 2. The summed E-state index contributed by atoms with van der Waals surface area (Å²) >= 11 is 13.5. The molecule has 0 radical (unpaired) electrons. The quantitative estimate of drug-likeness (QED) is 0.284. The van der Waals surface area contributed by atoms with Crippen molar-refractivity contribution in [2.75, 3.05) is 72.0 Å². The summed E-state index contributed by atoms with van der Waals surface area (Å²) in [7, 11) is -6.00. The third-order valence-corrected chi connectivity index (χ3v) is 6.00. The van der Waals surface area contributed by atoms with Crippen LogP contribution < -0.4 is 0 Å². The highest BCUT2D eigenvalue weighted by molar-refractivity contribution is 6.50. The summed E-state index contributed by atoms with van der Waals surface area (Å²) in [5.41, 5.74) is 0. The van der Waals surface area contributed by atoms with Gasteiger partial charge in [0, 0.05) is 52.2 Å². The number of halogens is 6. The zero-order chi connectivity index (χ0) is 20.5. The maximum absolute atomic E-state index is 9.75. The molecule has 11 heteroatoms. The van der Waals surface area contributed by atoms with Gasteiger partial charge in [0.1, 0.15) is 0 Å². The lowest BCUT2D eigenvalue weighted by molar-refractivity contribution is 0.102. The summed E-state index contributed by atoms with van der Waals surface area (Å²) < 4.78 is 38.3. The molecule has 2 fully saturated rings. The molecule has 2 unspecified atom stereocenters. The maximum Gasteiger partial charge on any atom is 0.673 e. The minimum Gasteiger partial charge on any atom is -0.418 e. The molecule has 0 saturated carbocycles. The Hall–Kier alpha value is 0.205. The van der Waals surface area contributed by atoms with Gasteiger partial charge in [-0.1, -0.05) is 37.0 Å². The molecule has 2 bridgehead atoms. The van der Waals surface area contributed by atoms with Crippen LogP contribution in [0.15, 0.2) is 0 Å². The lowest BCUT2D eigenvalue weighted by Crippen LogP contribution is -2.52. The van der Waals surface area contributed by atoms with E-state index in [4.69, 9.17) is 23.2 Å². The van der Waals surface area contributed by atoms with E-state index in [1.807, 2.05) is 0 Å². The molecule has 2 saturated heterocycles. The Bertz CT molecular complexity index is 410. The average molecular weight is 438 g/mol. The number of hydrogen-bond acceptors (Lipinski definition) is 4. The molecule has 27 heavy (non-hydrogen) atoms. The molecule has 0 aromatic rings. The van der Waals surface area contributed by atoms with E-state index in [1.54, 1.807) is 0 Å². The van der Waals surface area contributed by atoms with Crippen LogP contribution >= 0.6 is 23.2 Å². The van der Waals surface area contributed by atoms with Crippen LogP contribution in [0.3, 0.4) is 0 Å². The van der Waals surface area contributed by atoms with Gasteiger partial charge in [-0.25, -0.2) is 0 Å². The van der Waals surface area contributed by atoms with Crippen molar-refractivity contribution in [3.05, 3.63) is 0 Å². The van der Waals surface area contributed by atoms with Crippen LogP contribution in [0.25, 0.3) is 0 Å². The second-order valence-electron chi connectivity index (χ2n) is 6.96. The molecule has 2 atom stereocenters. The van der Waals surface area contributed by atoms with Crippen molar-refractivity contribution < 1.29 is 17.3 Å². The van der Waals surface area contributed by atoms with E-state index in [1.165, 1.54) is 19.5 Å². The fraction of sp³-hybridized carbons (Fsp3) is 1.00. The second-order valence-corrected chi connectivity index (χ2v) is 8.41. The zero-order valence-electron chi connectivity index (χ0n) is 16.3. The van der Waals surface area contributed by atoms with E-state index in [0.29, 0.717) is 0 Å². The van der Waals surface area contributed by atoms with Crippen LogP contribution in [0.1, 0.15) is 26.7 Å². The number of hydrogen-bond donors (Lipinski definition) is 0. The predicted octanol–water partition coefficient (Wildman–Crippen LogP) is 3.47. The lowest BCUT2D eigenvalue weighted by atomic mass is 10.2. The van der Waals surface area contributed by atoms with Gasteiger partial charge in [0.05, 0.1) is 0 Å². The first-order valence-corrected chi connectivity index (χ1v) is 10.5. The van der Waals surface area contributed by atoms with Crippen LogP contribution in [0, 0.1) is 0 Å². The molecule has 0 aliphatic carbocycles. The summed E-state index contributed by atoms with van der Waals surface area (Å²) in [6, 6.07) is 0. The van der Waals surface area contributed by atoms with Crippen LogP contribution in [-0.2, 0) is 0 Å². The minimum absolute atomic E-state index is 0.741. The minimum atomic E-state index is -6.00. The van der Waals surface area contributed by atoms with Crippen molar-refractivity contribution in [2.24, 2.45) is 0 Å². The monoisotopic (exact) mass is 437 g/mol. The molecule has 2 rings (SSSR count). The van der Waals surface area contributed by atoms with Crippen LogP contribution in [0.2, 0.25) is 0 Å². The van der Waals surface area contributed by atoms with Crippen molar-refractivity contribution in [1.29, 1.82) is 0 Å². The van der Waals surface area contributed by atoms with Crippen LogP contribution in [-0.4, -0.2) is 103 Å². The topological polar surface area (TPSA) is 13.0 Å². The maximum atomic E-state index is 9.75. The third kappa shape index (κ3) is 11.1. The van der Waals surface area contributed by atoms with Gasteiger partial charge >= 0.3 is 7.25 Å². The molecule has 0 aromatic heterocycles. The standard InChI is InChI=1S/C16H32Cl2N4.BF4/c1-3-19-7-5-8-21-11-10-20(4-2)9-6-16(17,18)22(14-12-19)15-13-21;2-1(3,4)5/h3-15H2,1-2H3;/q;-1. The predicted molar refractivity (Wildman–Crippen MR) is 106 cm³/mol. The smallest absolute Gasteiger partial charge is 0.418 e. The fourth-order valence-corrected chi connectivity index (χ4v) is 3.91. The summed E-state index contributed by atoms with van der Waals surface area (Å²) in [6.45, 7) is 16.3. The SMILES string of the molecule is CCN1CCCN2CCN(CC)CCC(Cl)(Cl)N(CC1)CC2.F[B-](F)(F)F. The van der Waals surface area contributed by atoms with Gasteiger partial charge in [-0.3, -0.25) is 4.90 Å². The second kappa shape index (κ2) is 12.0. The van der Waals surface area contributed by atoms with E-state index in [9.17, 15) is 17.3 Å². The Labute approximate surface area is 170 Å². The summed E-state index contributed by atoms with van der Waals surface area (Å²) in [4.78, 5) is 9.87. The van der Waals surface area contributed by atoms with Gasteiger partial charge in [0.15, 0.2) is 4.46 Å². The number of rotatable bonds is 2.